The number of aromatic nitrogens is 2. The molecule has 2 aromatic rings. The van der Waals surface area contributed by atoms with Crippen molar-refractivity contribution in [2.45, 2.75) is 19.8 Å². The summed E-state index contributed by atoms with van der Waals surface area (Å²) in [6.45, 7) is 3.93. The monoisotopic (exact) mass is 256 g/mol. The highest BCUT2D eigenvalue weighted by Gasteiger charge is 2.18. The quantitative estimate of drug-likeness (QED) is 0.789. The molecule has 4 heteroatoms. The number of rotatable bonds is 4. The molecule has 1 atom stereocenters. The molecule has 19 heavy (non-hydrogen) atoms. The van der Waals surface area contributed by atoms with E-state index < -0.39 is 5.92 Å². The molecule has 4 nitrogen and oxygen atoms in total. The first-order valence-electron chi connectivity index (χ1n) is 6.26. The van der Waals surface area contributed by atoms with Gasteiger partial charge in [0.1, 0.15) is 0 Å². The molecule has 0 fully saturated rings. The molecule has 0 radical (unpaired) electrons. The lowest BCUT2D eigenvalue weighted by Crippen LogP contribution is -2.14. The van der Waals surface area contributed by atoms with E-state index in [1.54, 1.807) is 26.2 Å². The van der Waals surface area contributed by atoms with Gasteiger partial charge in [-0.2, -0.15) is 0 Å². The molecule has 98 valence electrons. The van der Waals surface area contributed by atoms with Gasteiger partial charge in [-0.15, -0.1) is 0 Å². The third-order valence-corrected chi connectivity index (χ3v) is 2.81. The molecule has 0 bridgehead atoms. The van der Waals surface area contributed by atoms with Gasteiger partial charge in [-0.3, -0.25) is 9.78 Å². The summed E-state index contributed by atoms with van der Waals surface area (Å²) >= 11 is 0. The SMILES string of the molecule is CCOC(=O)C(C)c1cncc(-c2ccccc2)n1. The van der Waals surface area contributed by atoms with E-state index >= 15 is 0 Å². The van der Waals surface area contributed by atoms with Gasteiger partial charge in [-0.05, 0) is 13.8 Å². The van der Waals surface area contributed by atoms with Gasteiger partial charge in [0.25, 0.3) is 0 Å². The summed E-state index contributed by atoms with van der Waals surface area (Å²) in [5.74, 6) is -0.682. The van der Waals surface area contributed by atoms with Crippen LogP contribution in [0.15, 0.2) is 42.7 Å². The average molecular weight is 256 g/mol. The number of ether oxygens (including phenoxy) is 1. The van der Waals surface area contributed by atoms with Gasteiger partial charge >= 0.3 is 5.97 Å². The lowest BCUT2D eigenvalue weighted by Gasteiger charge is -2.10. The van der Waals surface area contributed by atoms with Crippen molar-refractivity contribution in [1.82, 2.24) is 9.97 Å². The molecular formula is C15H16N2O2. The Morgan fingerprint density at radius 3 is 2.68 bits per heavy atom. The summed E-state index contributed by atoms with van der Waals surface area (Å²) in [5.41, 5.74) is 2.36. The van der Waals surface area contributed by atoms with Gasteiger partial charge in [-0.25, -0.2) is 4.98 Å². The molecule has 2 rings (SSSR count). The van der Waals surface area contributed by atoms with E-state index in [4.69, 9.17) is 4.74 Å². The van der Waals surface area contributed by atoms with Gasteiger partial charge in [0.15, 0.2) is 0 Å². The van der Waals surface area contributed by atoms with E-state index in [2.05, 4.69) is 9.97 Å². The van der Waals surface area contributed by atoms with E-state index in [1.807, 2.05) is 30.3 Å². The third kappa shape index (κ3) is 3.16. The molecule has 0 spiro atoms. The largest absolute Gasteiger partial charge is 0.465 e. The highest BCUT2D eigenvalue weighted by molar-refractivity contribution is 5.77. The minimum absolute atomic E-state index is 0.276. The summed E-state index contributed by atoms with van der Waals surface area (Å²) in [6, 6.07) is 9.75. The summed E-state index contributed by atoms with van der Waals surface area (Å²) < 4.78 is 5.00. The number of esters is 1. The van der Waals surface area contributed by atoms with Crippen LogP contribution in [0, 0.1) is 0 Å². The number of carbonyl (C=O) groups is 1. The molecule has 1 aromatic carbocycles. The smallest absolute Gasteiger partial charge is 0.314 e. The maximum atomic E-state index is 11.7. The summed E-state index contributed by atoms with van der Waals surface area (Å²) in [6.07, 6.45) is 3.30. The lowest BCUT2D eigenvalue weighted by atomic mass is 10.1. The van der Waals surface area contributed by atoms with Crippen LogP contribution in [0.2, 0.25) is 0 Å². The molecule has 1 aromatic heterocycles. The third-order valence-electron chi connectivity index (χ3n) is 2.81. The number of hydrogen-bond acceptors (Lipinski definition) is 4. The fourth-order valence-electron chi connectivity index (χ4n) is 1.73. The number of hydrogen-bond donors (Lipinski definition) is 0. The van der Waals surface area contributed by atoms with Crippen LogP contribution in [-0.4, -0.2) is 22.5 Å². The van der Waals surface area contributed by atoms with Crippen LogP contribution in [0.1, 0.15) is 25.5 Å². The number of nitrogens with zero attached hydrogens (tertiary/aromatic N) is 2. The first kappa shape index (κ1) is 13.2. The second kappa shape index (κ2) is 6.09. The van der Waals surface area contributed by atoms with Crippen LogP contribution in [0.5, 0.6) is 0 Å². The Kier molecular flexibility index (Phi) is 4.23. The van der Waals surface area contributed by atoms with Crippen molar-refractivity contribution in [1.29, 1.82) is 0 Å². The maximum Gasteiger partial charge on any atom is 0.314 e. The Balaban J connectivity index is 2.27. The van der Waals surface area contributed by atoms with Crippen molar-refractivity contribution in [3.63, 3.8) is 0 Å². The summed E-state index contributed by atoms with van der Waals surface area (Å²) in [5, 5.41) is 0. The van der Waals surface area contributed by atoms with E-state index in [1.165, 1.54) is 0 Å². The van der Waals surface area contributed by atoms with E-state index in [9.17, 15) is 4.79 Å². The second-order valence-corrected chi connectivity index (χ2v) is 4.17. The molecule has 1 heterocycles. The molecule has 0 aliphatic carbocycles. The standard InChI is InChI=1S/C15H16N2O2/c1-3-19-15(18)11(2)13-9-16-10-14(17-13)12-7-5-4-6-8-12/h4-11H,3H2,1-2H3. The molecule has 0 aliphatic rings. The van der Waals surface area contributed by atoms with Gasteiger partial charge in [0, 0.05) is 11.8 Å². The minimum Gasteiger partial charge on any atom is -0.465 e. The van der Waals surface area contributed by atoms with Crippen LogP contribution in [0.3, 0.4) is 0 Å². The Morgan fingerprint density at radius 1 is 1.26 bits per heavy atom. The normalized spacial score (nSPS) is 11.9. The molecule has 0 N–H and O–H groups in total. The van der Waals surface area contributed by atoms with Crippen LogP contribution in [-0.2, 0) is 9.53 Å². The predicted molar refractivity (Wildman–Crippen MR) is 72.5 cm³/mol. The van der Waals surface area contributed by atoms with Crippen molar-refractivity contribution in [2.24, 2.45) is 0 Å². The Hall–Kier alpha value is -2.23. The first-order valence-corrected chi connectivity index (χ1v) is 6.26. The second-order valence-electron chi connectivity index (χ2n) is 4.17. The molecule has 0 aliphatic heterocycles. The van der Waals surface area contributed by atoms with Crippen molar-refractivity contribution in [2.75, 3.05) is 6.61 Å². The van der Waals surface area contributed by atoms with Crippen molar-refractivity contribution in [3.8, 4) is 11.3 Å². The zero-order valence-electron chi connectivity index (χ0n) is 11.0. The predicted octanol–water partition coefficient (Wildman–Crippen LogP) is 2.81. The Morgan fingerprint density at radius 2 is 2.00 bits per heavy atom. The van der Waals surface area contributed by atoms with Crippen molar-refractivity contribution < 1.29 is 9.53 Å². The fourth-order valence-corrected chi connectivity index (χ4v) is 1.73. The Labute approximate surface area is 112 Å². The van der Waals surface area contributed by atoms with Gasteiger partial charge in [0.05, 0.1) is 30.1 Å². The molecular weight excluding hydrogens is 240 g/mol. The zero-order chi connectivity index (χ0) is 13.7. The highest BCUT2D eigenvalue weighted by atomic mass is 16.5. The van der Waals surface area contributed by atoms with Crippen LogP contribution in [0.25, 0.3) is 11.3 Å². The zero-order valence-corrected chi connectivity index (χ0v) is 11.0. The Bertz CT molecular complexity index is 555. The van der Waals surface area contributed by atoms with Crippen molar-refractivity contribution in [3.05, 3.63) is 48.4 Å². The molecule has 0 saturated heterocycles. The van der Waals surface area contributed by atoms with E-state index in [0.717, 1.165) is 11.3 Å². The van der Waals surface area contributed by atoms with Gasteiger partial charge in [-0.1, -0.05) is 30.3 Å². The van der Waals surface area contributed by atoms with E-state index in [-0.39, 0.29) is 5.97 Å². The lowest BCUT2D eigenvalue weighted by molar-refractivity contribution is -0.144. The van der Waals surface area contributed by atoms with Crippen LogP contribution < -0.4 is 0 Å². The molecule has 0 amide bonds. The van der Waals surface area contributed by atoms with Crippen LogP contribution >= 0.6 is 0 Å². The number of benzene rings is 1. The fraction of sp³-hybridized carbons (Fsp3) is 0.267. The maximum absolute atomic E-state index is 11.7. The molecule has 0 saturated carbocycles. The average Bonchev–Trinajstić information content (AvgIpc) is 2.48. The van der Waals surface area contributed by atoms with Crippen LogP contribution in [0.4, 0.5) is 0 Å². The topological polar surface area (TPSA) is 52.1 Å². The van der Waals surface area contributed by atoms with Gasteiger partial charge in [0.2, 0.25) is 0 Å². The molecule has 1 unspecified atom stereocenters. The number of carbonyl (C=O) groups excluding carboxylic acids is 1. The van der Waals surface area contributed by atoms with Gasteiger partial charge < -0.3 is 4.74 Å². The first-order chi connectivity index (χ1) is 9.22. The summed E-state index contributed by atoms with van der Waals surface area (Å²) in [7, 11) is 0. The minimum atomic E-state index is -0.406. The van der Waals surface area contributed by atoms with Crippen molar-refractivity contribution >= 4 is 5.97 Å². The highest BCUT2D eigenvalue weighted by Crippen LogP contribution is 2.19. The summed E-state index contributed by atoms with van der Waals surface area (Å²) in [4.78, 5) is 20.3. The van der Waals surface area contributed by atoms with E-state index in [0.29, 0.717) is 12.3 Å².